The first-order valence-corrected chi connectivity index (χ1v) is 6.77. The van der Waals surface area contributed by atoms with Crippen molar-refractivity contribution in [1.82, 2.24) is 5.32 Å². The highest BCUT2D eigenvalue weighted by molar-refractivity contribution is 9.10. The van der Waals surface area contributed by atoms with E-state index in [-0.39, 0.29) is 18.3 Å². The van der Waals surface area contributed by atoms with Crippen LogP contribution in [0.1, 0.15) is 24.8 Å². The highest BCUT2D eigenvalue weighted by Gasteiger charge is 2.23. The van der Waals surface area contributed by atoms with E-state index >= 15 is 0 Å². The zero-order valence-electron chi connectivity index (χ0n) is 9.56. The molecule has 0 saturated carbocycles. The fraction of sp³-hybridized carbons (Fsp3) is 0.538. The smallest absolute Gasteiger partial charge is 0.126 e. The standard InChI is InChI=1S/C13H16BrF2N/c14-10-4-5-11(15)9(7-10)8-12(16)13-3-1-2-6-17-13/h4-5,7,12-13,17H,1-3,6,8H2. The van der Waals surface area contributed by atoms with Crippen molar-refractivity contribution in [3.8, 4) is 0 Å². The van der Waals surface area contributed by atoms with E-state index in [2.05, 4.69) is 21.2 Å². The molecule has 0 aromatic heterocycles. The van der Waals surface area contributed by atoms with Crippen molar-refractivity contribution in [3.63, 3.8) is 0 Å². The number of hydrogen-bond donors (Lipinski definition) is 1. The van der Waals surface area contributed by atoms with Gasteiger partial charge in [0.05, 0.1) is 0 Å². The number of nitrogens with one attached hydrogen (secondary N) is 1. The molecule has 1 aliphatic heterocycles. The number of hydrogen-bond acceptors (Lipinski definition) is 1. The van der Waals surface area contributed by atoms with Crippen molar-refractivity contribution in [2.45, 2.75) is 37.9 Å². The molecule has 1 N–H and O–H groups in total. The Bertz CT molecular complexity index is 378. The van der Waals surface area contributed by atoms with E-state index in [1.54, 1.807) is 12.1 Å². The second-order valence-corrected chi connectivity index (χ2v) is 5.43. The lowest BCUT2D eigenvalue weighted by atomic mass is 9.96. The van der Waals surface area contributed by atoms with E-state index in [1.165, 1.54) is 6.07 Å². The van der Waals surface area contributed by atoms with Gasteiger partial charge < -0.3 is 5.32 Å². The van der Waals surface area contributed by atoms with Crippen LogP contribution in [-0.2, 0) is 6.42 Å². The molecule has 1 fully saturated rings. The highest BCUT2D eigenvalue weighted by atomic mass is 79.9. The molecule has 17 heavy (non-hydrogen) atoms. The molecule has 0 spiro atoms. The van der Waals surface area contributed by atoms with Gasteiger partial charge in [-0.05, 0) is 43.1 Å². The summed E-state index contributed by atoms with van der Waals surface area (Å²) in [6, 6.07) is 4.54. The maximum absolute atomic E-state index is 14.0. The minimum Gasteiger partial charge on any atom is -0.311 e. The van der Waals surface area contributed by atoms with Gasteiger partial charge in [0, 0.05) is 16.9 Å². The van der Waals surface area contributed by atoms with E-state index in [0.717, 1.165) is 30.3 Å². The van der Waals surface area contributed by atoms with Crippen LogP contribution in [0.2, 0.25) is 0 Å². The van der Waals surface area contributed by atoms with Gasteiger partial charge in [-0.25, -0.2) is 8.78 Å². The zero-order chi connectivity index (χ0) is 12.3. The minimum atomic E-state index is -1.01. The van der Waals surface area contributed by atoms with Crippen molar-refractivity contribution in [1.29, 1.82) is 0 Å². The number of piperidine rings is 1. The zero-order valence-corrected chi connectivity index (χ0v) is 11.1. The predicted octanol–water partition coefficient (Wildman–Crippen LogP) is 3.61. The van der Waals surface area contributed by atoms with Gasteiger partial charge in [-0.1, -0.05) is 22.4 Å². The van der Waals surface area contributed by atoms with Crippen molar-refractivity contribution in [2.24, 2.45) is 0 Å². The highest BCUT2D eigenvalue weighted by Crippen LogP contribution is 2.21. The van der Waals surface area contributed by atoms with Gasteiger partial charge in [-0.15, -0.1) is 0 Å². The lowest BCUT2D eigenvalue weighted by molar-refractivity contribution is 0.215. The van der Waals surface area contributed by atoms with Crippen LogP contribution in [0.4, 0.5) is 8.78 Å². The van der Waals surface area contributed by atoms with Crippen molar-refractivity contribution < 1.29 is 8.78 Å². The van der Waals surface area contributed by atoms with E-state index in [9.17, 15) is 8.78 Å². The van der Waals surface area contributed by atoms with Crippen LogP contribution in [0, 0.1) is 5.82 Å². The Kier molecular flexibility index (Phi) is 4.51. The Morgan fingerprint density at radius 2 is 2.24 bits per heavy atom. The van der Waals surface area contributed by atoms with E-state index in [4.69, 9.17) is 0 Å². The van der Waals surface area contributed by atoms with Crippen LogP contribution in [0.15, 0.2) is 22.7 Å². The molecule has 1 aromatic rings. The van der Waals surface area contributed by atoms with Crippen LogP contribution >= 0.6 is 15.9 Å². The summed E-state index contributed by atoms with van der Waals surface area (Å²) in [5.41, 5.74) is 0.444. The summed E-state index contributed by atoms with van der Waals surface area (Å²) in [5.74, 6) is -0.327. The van der Waals surface area contributed by atoms with Crippen LogP contribution in [0.3, 0.4) is 0 Å². The molecule has 1 aromatic carbocycles. The fourth-order valence-electron chi connectivity index (χ4n) is 2.24. The molecule has 94 valence electrons. The van der Waals surface area contributed by atoms with Gasteiger partial charge in [0.15, 0.2) is 0 Å². The lowest BCUT2D eigenvalue weighted by Gasteiger charge is -2.26. The van der Waals surface area contributed by atoms with Gasteiger partial charge in [0.2, 0.25) is 0 Å². The second kappa shape index (κ2) is 5.91. The first-order chi connectivity index (χ1) is 8.16. The van der Waals surface area contributed by atoms with E-state index < -0.39 is 6.17 Å². The van der Waals surface area contributed by atoms with Crippen LogP contribution < -0.4 is 5.32 Å². The summed E-state index contributed by atoms with van der Waals surface area (Å²) in [5, 5.41) is 3.16. The van der Waals surface area contributed by atoms with Gasteiger partial charge in [-0.3, -0.25) is 0 Å². The molecule has 2 atom stereocenters. The van der Waals surface area contributed by atoms with Crippen LogP contribution in [-0.4, -0.2) is 18.8 Å². The molecule has 0 radical (unpaired) electrons. The molecule has 1 saturated heterocycles. The number of benzene rings is 1. The van der Waals surface area contributed by atoms with E-state index in [0.29, 0.717) is 5.56 Å². The van der Waals surface area contributed by atoms with Crippen molar-refractivity contribution in [3.05, 3.63) is 34.1 Å². The summed E-state index contributed by atoms with van der Waals surface area (Å²) < 4.78 is 28.3. The lowest BCUT2D eigenvalue weighted by Crippen LogP contribution is -2.42. The molecule has 2 rings (SSSR count). The molecular weight excluding hydrogens is 288 g/mol. The van der Waals surface area contributed by atoms with Crippen molar-refractivity contribution >= 4 is 15.9 Å². The average Bonchev–Trinajstić information content (AvgIpc) is 2.35. The summed E-state index contributed by atoms with van der Waals surface area (Å²) in [6.07, 6.45) is 2.13. The van der Waals surface area contributed by atoms with Gasteiger partial charge in [0.25, 0.3) is 0 Å². The van der Waals surface area contributed by atoms with Crippen LogP contribution in [0.25, 0.3) is 0 Å². The minimum absolute atomic E-state index is 0.123. The monoisotopic (exact) mass is 303 g/mol. The largest absolute Gasteiger partial charge is 0.311 e. The molecule has 1 heterocycles. The van der Waals surface area contributed by atoms with Crippen LogP contribution in [0.5, 0.6) is 0 Å². The Hall–Kier alpha value is -0.480. The van der Waals surface area contributed by atoms with Gasteiger partial charge in [-0.2, -0.15) is 0 Å². The summed E-state index contributed by atoms with van der Waals surface area (Å²) in [7, 11) is 0. The molecule has 1 aliphatic rings. The average molecular weight is 304 g/mol. The predicted molar refractivity (Wildman–Crippen MR) is 68.3 cm³/mol. The van der Waals surface area contributed by atoms with Crippen molar-refractivity contribution in [2.75, 3.05) is 6.54 Å². The molecule has 2 unspecified atom stereocenters. The fourth-order valence-corrected chi connectivity index (χ4v) is 2.65. The maximum atomic E-state index is 14.0. The Morgan fingerprint density at radius 3 is 2.94 bits per heavy atom. The number of alkyl halides is 1. The molecule has 1 nitrogen and oxygen atoms in total. The molecule has 0 bridgehead atoms. The van der Waals surface area contributed by atoms with Gasteiger partial charge in [0.1, 0.15) is 12.0 Å². The van der Waals surface area contributed by atoms with E-state index in [1.807, 2.05) is 0 Å². The maximum Gasteiger partial charge on any atom is 0.126 e. The second-order valence-electron chi connectivity index (χ2n) is 4.51. The molecule has 0 amide bonds. The summed E-state index contributed by atoms with van der Waals surface area (Å²) in [6.45, 7) is 0.867. The number of rotatable bonds is 3. The first-order valence-electron chi connectivity index (χ1n) is 5.98. The quantitative estimate of drug-likeness (QED) is 0.899. The SMILES string of the molecule is Fc1ccc(Br)cc1CC(F)C1CCCCN1. The topological polar surface area (TPSA) is 12.0 Å². The molecular formula is C13H16BrF2N. The Balaban J connectivity index is 2.01. The third-order valence-corrected chi connectivity index (χ3v) is 3.70. The molecule has 0 aliphatic carbocycles. The third-order valence-electron chi connectivity index (χ3n) is 3.21. The Morgan fingerprint density at radius 1 is 1.41 bits per heavy atom. The molecule has 4 heteroatoms. The third kappa shape index (κ3) is 3.49. The summed E-state index contributed by atoms with van der Waals surface area (Å²) in [4.78, 5) is 0. The Labute approximate surface area is 109 Å². The normalized spacial score (nSPS) is 22.4. The first kappa shape index (κ1) is 13.0. The summed E-state index contributed by atoms with van der Waals surface area (Å²) >= 11 is 3.28. The van der Waals surface area contributed by atoms with Gasteiger partial charge >= 0.3 is 0 Å². The number of halogens is 3.